The second-order valence-electron chi connectivity index (χ2n) is 3.54. The van der Waals surface area contributed by atoms with Gasteiger partial charge in [0.25, 0.3) is 0 Å². The average molecular weight is 238 g/mol. The summed E-state index contributed by atoms with van der Waals surface area (Å²) in [5, 5.41) is -0.298. The first-order valence-electron chi connectivity index (χ1n) is 4.76. The van der Waals surface area contributed by atoms with Crippen molar-refractivity contribution in [2.24, 2.45) is 5.73 Å². The Kier molecular flexibility index (Phi) is 4.69. The van der Waals surface area contributed by atoms with Crippen LogP contribution >= 0.6 is 11.8 Å². The molecule has 0 radical (unpaired) electrons. The van der Waals surface area contributed by atoms with Crippen molar-refractivity contribution in [3.05, 3.63) is 0 Å². The van der Waals surface area contributed by atoms with Crippen LogP contribution in [-0.4, -0.2) is 56.1 Å². The lowest BCUT2D eigenvalue weighted by molar-refractivity contribution is 0.269. The fourth-order valence-corrected chi connectivity index (χ4v) is 4.53. The van der Waals surface area contributed by atoms with Crippen molar-refractivity contribution in [3.8, 4) is 0 Å². The smallest absolute Gasteiger partial charge is 0.164 e. The van der Waals surface area contributed by atoms with E-state index < -0.39 is 9.84 Å². The number of rotatable bonds is 4. The Balaban J connectivity index is 2.60. The van der Waals surface area contributed by atoms with Crippen molar-refractivity contribution in [2.45, 2.75) is 11.8 Å². The molecule has 0 aromatic carbocycles. The quantitative estimate of drug-likeness (QED) is 0.732. The number of thioether (sulfide) groups is 1. The summed E-state index contributed by atoms with van der Waals surface area (Å²) < 4.78 is 22.9. The Hall–Kier alpha value is 0.220. The molecule has 0 spiro atoms. The van der Waals surface area contributed by atoms with Gasteiger partial charge in [-0.15, -0.1) is 0 Å². The molecule has 1 heterocycles. The van der Waals surface area contributed by atoms with Crippen molar-refractivity contribution in [3.63, 3.8) is 0 Å². The van der Waals surface area contributed by atoms with Crippen molar-refractivity contribution in [2.75, 3.05) is 37.4 Å². The minimum Gasteiger partial charge on any atom is -0.330 e. The third-order valence-electron chi connectivity index (χ3n) is 2.33. The summed E-state index contributed by atoms with van der Waals surface area (Å²) in [5.41, 5.74) is 5.42. The minimum atomic E-state index is -2.94. The van der Waals surface area contributed by atoms with Crippen LogP contribution in [0.25, 0.3) is 0 Å². The van der Waals surface area contributed by atoms with Crippen LogP contribution in [0.15, 0.2) is 0 Å². The van der Waals surface area contributed by atoms with E-state index in [-0.39, 0.29) is 5.37 Å². The van der Waals surface area contributed by atoms with Crippen LogP contribution in [0.5, 0.6) is 0 Å². The van der Waals surface area contributed by atoms with Gasteiger partial charge in [0.15, 0.2) is 9.84 Å². The zero-order valence-electron chi connectivity index (χ0n) is 8.48. The third-order valence-corrected chi connectivity index (χ3v) is 5.02. The molecule has 1 aliphatic rings. The second kappa shape index (κ2) is 5.34. The molecule has 1 atom stereocenters. The molecule has 6 heteroatoms. The topological polar surface area (TPSA) is 63.4 Å². The molecule has 1 saturated heterocycles. The highest BCUT2D eigenvalue weighted by Crippen LogP contribution is 2.20. The van der Waals surface area contributed by atoms with Crippen LogP contribution in [0.3, 0.4) is 0 Å². The van der Waals surface area contributed by atoms with Gasteiger partial charge in [-0.3, -0.25) is 4.90 Å². The van der Waals surface area contributed by atoms with E-state index in [0.717, 1.165) is 25.3 Å². The maximum Gasteiger partial charge on any atom is 0.164 e. The van der Waals surface area contributed by atoms with Crippen LogP contribution in [-0.2, 0) is 9.84 Å². The summed E-state index contributed by atoms with van der Waals surface area (Å²) in [6, 6.07) is 0. The number of nitrogens with two attached hydrogens (primary N) is 1. The summed E-state index contributed by atoms with van der Waals surface area (Å²) in [6.45, 7) is 2.29. The zero-order valence-corrected chi connectivity index (χ0v) is 10.1. The van der Waals surface area contributed by atoms with Gasteiger partial charge < -0.3 is 5.73 Å². The maximum atomic E-state index is 11.5. The third kappa shape index (κ3) is 3.42. The van der Waals surface area contributed by atoms with E-state index in [1.807, 2.05) is 4.90 Å². The SMILES string of the molecule is CS(=O)(=O)C1CSCCN1CCCN. The first-order valence-corrected chi connectivity index (χ1v) is 7.87. The lowest BCUT2D eigenvalue weighted by Crippen LogP contribution is -2.47. The minimum absolute atomic E-state index is 0.298. The Morgan fingerprint density at radius 2 is 2.29 bits per heavy atom. The molecule has 4 nitrogen and oxygen atoms in total. The van der Waals surface area contributed by atoms with Gasteiger partial charge in [0.05, 0.1) is 0 Å². The highest BCUT2D eigenvalue weighted by Gasteiger charge is 2.30. The molecule has 0 amide bonds. The largest absolute Gasteiger partial charge is 0.330 e. The van der Waals surface area contributed by atoms with Crippen LogP contribution in [0.4, 0.5) is 0 Å². The predicted octanol–water partition coefficient (Wildman–Crippen LogP) is -0.245. The molecule has 1 unspecified atom stereocenters. The second-order valence-corrected chi connectivity index (χ2v) is 6.89. The van der Waals surface area contributed by atoms with Gasteiger partial charge in [-0.1, -0.05) is 0 Å². The van der Waals surface area contributed by atoms with Gasteiger partial charge in [-0.05, 0) is 13.0 Å². The Morgan fingerprint density at radius 1 is 1.57 bits per heavy atom. The Labute approximate surface area is 90.1 Å². The van der Waals surface area contributed by atoms with Gasteiger partial charge in [0.2, 0.25) is 0 Å². The lowest BCUT2D eigenvalue weighted by atomic mass is 10.3. The number of nitrogens with zero attached hydrogens (tertiary/aromatic N) is 1. The molecule has 0 aliphatic carbocycles. The summed E-state index contributed by atoms with van der Waals surface area (Å²) in [4.78, 5) is 2.04. The molecular formula is C8H18N2O2S2. The fourth-order valence-electron chi connectivity index (χ4n) is 1.56. The molecule has 1 aliphatic heterocycles. The molecule has 1 fully saturated rings. The Bertz CT molecular complexity index is 267. The predicted molar refractivity (Wildman–Crippen MR) is 61.2 cm³/mol. The van der Waals surface area contributed by atoms with Crippen LogP contribution in [0.2, 0.25) is 0 Å². The standard InChI is InChI=1S/C8H18N2O2S2/c1-14(11,12)8-7-13-6-5-10(8)4-2-3-9/h8H,2-7,9H2,1H3. The zero-order chi connectivity index (χ0) is 10.6. The van der Waals surface area contributed by atoms with E-state index in [1.165, 1.54) is 6.26 Å². The van der Waals surface area contributed by atoms with E-state index in [0.29, 0.717) is 12.3 Å². The molecule has 2 N–H and O–H groups in total. The van der Waals surface area contributed by atoms with Crippen LogP contribution < -0.4 is 5.73 Å². The van der Waals surface area contributed by atoms with Gasteiger partial charge >= 0.3 is 0 Å². The summed E-state index contributed by atoms with van der Waals surface area (Å²) >= 11 is 1.72. The highest BCUT2D eigenvalue weighted by molar-refractivity contribution is 8.00. The van der Waals surface area contributed by atoms with Crippen molar-refractivity contribution in [1.29, 1.82) is 0 Å². The number of sulfone groups is 1. The van der Waals surface area contributed by atoms with Crippen LogP contribution in [0.1, 0.15) is 6.42 Å². The lowest BCUT2D eigenvalue weighted by Gasteiger charge is -2.33. The summed E-state index contributed by atoms with van der Waals surface area (Å²) in [6.07, 6.45) is 2.19. The molecule has 0 saturated carbocycles. The maximum absolute atomic E-state index is 11.5. The van der Waals surface area contributed by atoms with Gasteiger partial charge in [-0.25, -0.2) is 8.42 Å². The Morgan fingerprint density at radius 3 is 2.86 bits per heavy atom. The van der Waals surface area contributed by atoms with Gasteiger partial charge in [0.1, 0.15) is 5.37 Å². The van der Waals surface area contributed by atoms with Gasteiger partial charge in [0, 0.05) is 30.9 Å². The summed E-state index contributed by atoms with van der Waals surface area (Å²) in [7, 11) is -2.94. The van der Waals surface area contributed by atoms with Crippen molar-refractivity contribution >= 4 is 21.6 Å². The molecule has 0 aromatic rings. The highest BCUT2D eigenvalue weighted by atomic mass is 32.2. The van der Waals surface area contributed by atoms with Crippen molar-refractivity contribution in [1.82, 2.24) is 4.90 Å². The van der Waals surface area contributed by atoms with E-state index in [2.05, 4.69) is 0 Å². The first-order chi connectivity index (χ1) is 6.55. The first kappa shape index (κ1) is 12.3. The molecular weight excluding hydrogens is 220 g/mol. The van der Waals surface area contributed by atoms with Crippen molar-refractivity contribution < 1.29 is 8.42 Å². The molecule has 84 valence electrons. The van der Waals surface area contributed by atoms with E-state index in [1.54, 1.807) is 11.8 Å². The fraction of sp³-hybridized carbons (Fsp3) is 1.00. The van der Waals surface area contributed by atoms with E-state index >= 15 is 0 Å². The molecule has 1 rings (SSSR count). The molecule has 0 bridgehead atoms. The normalized spacial score (nSPS) is 25.1. The van der Waals surface area contributed by atoms with E-state index in [9.17, 15) is 8.42 Å². The average Bonchev–Trinajstić information content (AvgIpc) is 2.14. The number of hydrogen-bond donors (Lipinski definition) is 1. The molecule has 0 aromatic heterocycles. The van der Waals surface area contributed by atoms with E-state index in [4.69, 9.17) is 5.73 Å². The monoisotopic (exact) mass is 238 g/mol. The summed E-state index contributed by atoms with van der Waals surface area (Å²) in [5.74, 6) is 1.72. The van der Waals surface area contributed by atoms with Crippen LogP contribution in [0, 0.1) is 0 Å². The molecule has 14 heavy (non-hydrogen) atoms. The number of hydrogen-bond acceptors (Lipinski definition) is 5. The van der Waals surface area contributed by atoms with Gasteiger partial charge in [-0.2, -0.15) is 11.8 Å².